The molecule has 0 bridgehead atoms. The number of carbonyl (C=O) groups is 1. The van der Waals surface area contributed by atoms with Crippen LogP contribution in [0.3, 0.4) is 0 Å². The van der Waals surface area contributed by atoms with Gasteiger partial charge >= 0.3 is 0 Å². The van der Waals surface area contributed by atoms with Gasteiger partial charge in [0.05, 0.1) is 4.90 Å². The van der Waals surface area contributed by atoms with Crippen LogP contribution < -0.4 is 5.32 Å². The van der Waals surface area contributed by atoms with Gasteiger partial charge in [0, 0.05) is 25.3 Å². The minimum Gasteiger partial charge on any atom is -0.321 e. The number of hydrogen-bond acceptors (Lipinski definition) is 3. The average Bonchev–Trinajstić information content (AvgIpc) is 2.56. The Morgan fingerprint density at radius 1 is 1.12 bits per heavy atom. The van der Waals surface area contributed by atoms with Crippen LogP contribution in [-0.2, 0) is 16.4 Å². The van der Waals surface area contributed by atoms with Crippen molar-refractivity contribution < 1.29 is 13.2 Å². The molecular formula is C18H22N2O3S. The number of anilines is 1. The van der Waals surface area contributed by atoms with Gasteiger partial charge in [-0.2, -0.15) is 0 Å². The summed E-state index contributed by atoms with van der Waals surface area (Å²) in [7, 11) is -0.651. The van der Waals surface area contributed by atoms with E-state index < -0.39 is 10.0 Å². The largest absolute Gasteiger partial charge is 0.321 e. The molecule has 0 aliphatic heterocycles. The highest BCUT2D eigenvalue weighted by atomic mass is 32.2. The first kappa shape index (κ1) is 18.2. The van der Waals surface area contributed by atoms with Crippen LogP contribution in [0, 0.1) is 6.92 Å². The monoisotopic (exact) mass is 346 g/mol. The Balaban J connectivity index is 2.36. The van der Waals surface area contributed by atoms with E-state index in [4.69, 9.17) is 0 Å². The Kier molecular flexibility index (Phi) is 5.41. The maximum atomic E-state index is 12.6. The first-order valence-corrected chi connectivity index (χ1v) is 9.13. The molecule has 2 rings (SSSR count). The molecule has 0 atom stereocenters. The molecule has 0 spiro atoms. The van der Waals surface area contributed by atoms with E-state index in [0.29, 0.717) is 5.56 Å². The number of benzene rings is 2. The molecule has 0 aromatic heterocycles. The first-order valence-electron chi connectivity index (χ1n) is 7.69. The number of rotatable bonds is 5. The molecule has 2 aromatic rings. The van der Waals surface area contributed by atoms with Gasteiger partial charge in [-0.25, -0.2) is 12.7 Å². The van der Waals surface area contributed by atoms with Gasteiger partial charge in [0.15, 0.2) is 0 Å². The SMILES string of the molecule is CCc1cccc(C)c1NC(=O)c1cccc(S(=O)(=O)N(C)C)c1. The third kappa shape index (κ3) is 3.66. The second-order valence-corrected chi connectivity index (χ2v) is 7.88. The highest BCUT2D eigenvalue weighted by molar-refractivity contribution is 7.89. The summed E-state index contributed by atoms with van der Waals surface area (Å²) in [6.07, 6.45) is 0.798. The van der Waals surface area contributed by atoms with Gasteiger partial charge in [-0.15, -0.1) is 0 Å². The molecular weight excluding hydrogens is 324 g/mol. The van der Waals surface area contributed by atoms with E-state index in [1.807, 2.05) is 32.0 Å². The molecule has 0 saturated heterocycles. The maximum absolute atomic E-state index is 12.6. The van der Waals surface area contributed by atoms with Crippen molar-refractivity contribution in [2.45, 2.75) is 25.2 Å². The molecule has 0 saturated carbocycles. The zero-order valence-corrected chi connectivity index (χ0v) is 15.1. The molecule has 0 radical (unpaired) electrons. The Bertz CT molecular complexity index is 858. The van der Waals surface area contributed by atoms with Gasteiger partial charge in [0.25, 0.3) is 5.91 Å². The predicted molar refractivity (Wildman–Crippen MR) is 95.8 cm³/mol. The predicted octanol–water partition coefficient (Wildman–Crippen LogP) is 3.06. The van der Waals surface area contributed by atoms with Crippen molar-refractivity contribution >= 4 is 21.6 Å². The minimum absolute atomic E-state index is 0.0978. The Hall–Kier alpha value is -2.18. The lowest BCUT2D eigenvalue weighted by Crippen LogP contribution is -2.23. The molecule has 0 aliphatic rings. The van der Waals surface area contributed by atoms with Crippen LogP contribution in [0.25, 0.3) is 0 Å². The summed E-state index contributed by atoms with van der Waals surface area (Å²) in [5.74, 6) is -0.324. The summed E-state index contributed by atoms with van der Waals surface area (Å²) in [6, 6.07) is 11.9. The zero-order valence-electron chi connectivity index (χ0n) is 14.3. The Labute approximate surface area is 143 Å². The molecule has 2 aromatic carbocycles. The van der Waals surface area contributed by atoms with E-state index in [1.54, 1.807) is 12.1 Å². The van der Waals surface area contributed by atoms with Crippen LogP contribution in [0.4, 0.5) is 5.69 Å². The molecule has 0 heterocycles. The van der Waals surface area contributed by atoms with Crippen molar-refractivity contribution in [2.75, 3.05) is 19.4 Å². The van der Waals surface area contributed by atoms with Gasteiger partial charge in [0.2, 0.25) is 10.0 Å². The lowest BCUT2D eigenvalue weighted by Gasteiger charge is -2.14. The van der Waals surface area contributed by atoms with Crippen LogP contribution in [0.5, 0.6) is 0 Å². The topological polar surface area (TPSA) is 66.5 Å². The smallest absolute Gasteiger partial charge is 0.255 e. The van der Waals surface area contributed by atoms with Crippen LogP contribution >= 0.6 is 0 Å². The number of nitrogens with one attached hydrogen (secondary N) is 1. The number of aryl methyl sites for hydroxylation is 2. The zero-order chi connectivity index (χ0) is 17.9. The normalized spacial score (nSPS) is 11.5. The Morgan fingerprint density at radius 2 is 1.79 bits per heavy atom. The van der Waals surface area contributed by atoms with Gasteiger partial charge in [-0.05, 0) is 42.7 Å². The fourth-order valence-corrected chi connectivity index (χ4v) is 3.34. The van der Waals surface area contributed by atoms with Crippen molar-refractivity contribution in [1.29, 1.82) is 0 Å². The first-order chi connectivity index (χ1) is 11.3. The summed E-state index contributed by atoms with van der Waals surface area (Å²) in [5.41, 5.74) is 3.11. The van der Waals surface area contributed by atoms with Crippen molar-refractivity contribution in [1.82, 2.24) is 4.31 Å². The van der Waals surface area contributed by atoms with Gasteiger partial charge in [-0.3, -0.25) is 4.79 Å². The van der Waals surface area contributed by atoms with Crippen LogP contribution in [0.2, 0.25) is 0 Å². The molecule has 1 N–H and O–H groups in total. The quantitative estimate of drug-likeness (QED) is 0.905. The van der Waals surface area contributed by atoms with E-state index in [-0.39, 0.29) is 10.8 Å². The third-order valence-electron chi connectivity index (χ3n) is 3.85. The van der Waals surface area contributed by atoms with E-state index in [9.17, 15) is 13.2 Å². The third-order valence-corrected chi connectivity index (χ3v) is 5.66. The minimum atomic E-state index is -3.57. The standard InChI is InChI=1S/C18H22N2O3S/c1-5-14-9-6-8-13(2)17(14)19-18(21)15-10-7-11-16(12-15)24(22,23)20(3)4/h6-12H,5H2,1-4H3,(H,19,21). The van der Waals surface area contributed by atoms with Crippen LogP contribution in [0.15, 0.2) is 47.4 Å². The number of sulfonamides is 1. The summed E-state index contributed by atoms with van der Waals surface area (Å²) >= 11 is 0. The van der Waals surface area contributed by atoms with Crippen molar-refractivity contribution in [3.05, 3.63) is 59.2 Å². The Morgan fingerprint density at radius 3 is 2.42 bits per heavy atom. The molecule has 0 aliphatic carbocycles. The number of hydrogen-bond donors (Lipinski definition) is 1. The van der Waals surface area contributed by atoms with E-state index >= 15 is 0 Å². The molecule has 0 unspecified atom stereocenters. The summed E-state index contributed by atoms with van der Waals surface area (Å²) in [6.45, 7) is 3.95. The van der Waals surface area contributed by atoms with E-state index in [0.717, 1.165) is 27.5 Å². The van der Waals surface area contributed by atoms with Crippen molar-refractivity contribution in [3.8, 4) is 0 Å². The highest BCUT2D eigenvalue weighted by Gasteiger charge is 2.19. The fourth-order valence-electron chi connectivity index (χ4n) is 2.40. The van der Waals surface area contributed by atoms with Crippen LogP contribution in [0.1, 0.15) is 28.4 Å². The van der Waals surface area contributed by atoms with Gasteiger partial charge < -0.3 is 5.32 Å². The molecule has 5 nitrogen and oxygen atoms in total. The lowest BCUT2D eigenvalue weighted by atomic mass is 10.1. The fraction of sp³-hybridized carbons (Fsp3) is 0.278. The molecule has 1 amide bonds. The van der Waals surface area contributed by atoms with Crippen molar-refractivity contribution in [2.24, 2.45) is 0 Å². The molecule has 6 heteroatoms. The summed E-state index contributed by atoms with van der Waals surface area (Å²) in [5, 5.41) is 2.91. The lowest BCUT2D eigenvalue weighted by molar-refractivity contribution is 0.102. The number of para-hydroxylation sites is 1. The second-order valence-electron chi connectivity index (χ2n) is 5.73. The average molecular weight is 346 g/mol. The number of carbonyl (C=O) groups excluding carboxylic acids is 1. The highest BCUT2D eigenvalue weighted by Crippen LogP contribution is 2.22. The van der Waals surface area contributed by atoms with E-state index in [1.165, 1.54) is 26.2 Å². The van der Waals surface area contributed by atoms with Gasteiger partial charge in [-0.1, -0.05) is 31.2 Å². The second kappa shape index (κ2) is 7.15. The summed E-state index contributed by atoms with van der Waals surface area (Å²) in [4.78, 5) is 12.7. The van der Waals surface area contributed by atoms with Gasteiger partial charge in [0.1, 0.15) is 0 Å². The molecule has 0 fully saturated rings. The molecule has 24 heavy (non-hydrogen) atoms. The maximum Gasteiger partial charge on any atom is 0.255 e. The molecule has 128 valence electrons. The van der Waals surface area contributed by atoms with E-state index in [2.05, 4.69) is 5.32 Å². The number of nitrogens with zero attached hydrogens (tertiary/aromatic N) is 1. The summed E-state index contributed by atoms with van der Waals surface area (Å²) < 4.78 is 25.6. The van der Waals surface area contributed by atoms with Crippen molar-refractivity contribution in [3.63, 3.8) is 0 Å². The van der Waals surface area contributed by atoms with Crippen LogP contribution in [-0.4, -0.2) is 32.7 Å². The number of amides is 1.